The molecule has 0 spiro atoms. The second-order valence-corrected chi connectivity index (χ2v) is 9.86. The highest BCUT2D eigenvalue weighted by atomic mass is 35.5. The van der Waals surface area contributed by atoms with Gasteiger partial charge in [0.2, 0.25) is 0 Å². The average Bonchev–Trinajstić information content (AvgIpc) is 3.18. The first-order valence-electron chi connectivity index (χ1n) is 11.4. The van der Waals surface area contributed by atoms with Gasteiger partial charge in [0, 0.05) is 54.9 Å². The summed E-state index contributed by atoms with van der Waals surface area (Å²) in [5.74, 6) is -0.434. The van der Waals surface area contributed by atoms with Crippen LogP contribution in [0.25, 0.3) is 17.0 Å². The Kier molecular flexibility index (Phi) is 7.30. The Labute approximate surface area is 223 Å². The summed E-state index contributed by atoms with van der Waals surface area (Å²) in [6.45, 7) is 2.48. The number of hydrogen-bond donors (Lipinski definition) is 1. The molecule has 0 fully saturated rings. The highest BCUT2D eigenvalue weighted by molar-refractivity contribution is 6.31. The summed E-state index contributed by atoms with van der Waals surface area (Å²) in [5, 5.41) is 5.08. The normalized spacial score (nSPS) is 13.9. The van der Waals surface area contributed by atoms with E-state index in [0.717, 1.165) is 39.8 Å². The summed E-state index contributed by atoms with van der Waals surface area (Å²) in [6.07, 6.45) is 6.21. The van der Waals surface area contributed by atoms with Gasteiger partial charge in [-0.05, 0) is 59.2 Å². The van der Waals surface area contributed by atoms with Gasteiger partial charge in [-0.3, -0.25) is 9.47 Å². The van der Waals surface area contributed by atoms with E-state index in [4.69, 9.17) is 34.8 Å². The fourth-order valence-electron chi connectivity index (χ4n) is 4.54. The molecule has 4 aromatic rings. The summed E-state index contributed by atoms with van der Waals surface area (Å²) >= 11 is 18.1. The minimum absolute atomic E-state index is 0.111. The molecular weight excluding hydrogens is 522 g/mol. The van der Waals surface area contributed by atoms with E-state index in [2.05, 4.69) is 15.2 Å². The zero-order chi connectivity index (χ0) is 25.2. The van der Waals surface area contributed by atoms with Crippen LogP contribution in [0.5, 0.6) is 0 Å². The van der Waals surface area contributed by atoms with E-state index in [1.54, 1.807) is 35.0 Å². The van der Waals surface area contributed by atoms with Gasteiger partial charge in [0.15, 0.2) is 0 Å². The number of nitrogens with one attached hydrogen (secondary N) is 1. The Morgan fingerprint density at radius 1 is 1.11 bits per heavy atom. The third-order valence-electron chi connectivity index (χ3n) is 6.24. The van der Waals surface area contributed by atoms with Gasteiger partial charge in [-0.25, -0.2) is 14.2 Å². The molecule has 1 aliphatic rings. The number of fused-ring (bicyclic) bond motifs is 3. The minimum Gasteiger partial charge on any atom is -0.333 e. The fraction of sp³-hybridized carbons (Fsp3) is 0.185. The van der Waals surface area contributed by atoms with Crippen LogP contribution in [-0.2, 0) is 19.5 Å². The lowest BCUT2D eigenvalue weighted by molar-refractivity contribution is 0.240. The van der Waals surface area contributed by atoms with E-state index >= 15 is 0 Å². The van der Waals surface area contributed by atoms with Crippen LogP contribution in [0.1, 0.15) is 22.4 Å². The number of carbonyl (C=O) groups is 1. The summed E-state index contributed by atoms with van der Waals surface area (Å²) in [6, 6.07) is 13.7. The number of benzene rings is 2. The second kappa shape index (κ2) is 10.6. The molecule has 1 aliphatic heterocycles. The number of aromatic nitrogens is 2. The van der Waals surface area contributed by atoms with Crippen LogP contribution in [0, 0.1) is 5.82 Å². The van der Waals surface area contributed by atoms with Gasteiger partial charge in [0.25, 0.3) is 0 Å². The zero-order valence-corrected chi connectivity index (χ0v) is 21.4. The summed E-state index contributed by atoms with van der Waals surface area (Å²) in [4.78, 5) is 19.6. The number of amides is 1. The second-order valence-electron chi connectivity index (χ2n) is 8.63. The van der Waals surface area contributed by atoms with Crippen molar-refractivity contribution < 1.29 is 9.18 Å². The molecule has 9 heteroatoms. The van der Waals surface area contributed by atoms with E-state index in [0.29, 0.717) is 36.2 Å². The molecule has 5 nitrogen and oxygen atoms in total. The van der Waals surface area contributed by atoms with Crippen molar-refractivity contribution in [3.8, 4) is 0 Å². The van der Waals surface area contributed by atoms with Gasteiger partial charge < -0.3 is 5.32 Å². The highest BCUT2D eigenvalue weighted by Crippen LogP contribution is 2.32. The number of halogens is 4. The van der Waals surface area contributed by atoms with Crippen LogP contribution in [-0.4, -0.2) is 33.6 Å². The molecule has 0 unspecified atom stereocenters. The van der Waals surface area contributed by atoms with Crippen molar-refractivity contribution in [2.24, 2.45) is 0 Å². The standard InChI is InChI=1S/C27H22Cl3FN4O/c28-19-4-6-24-20(14-19)21-16-34(10-1-2-17-3-5-22(29)23(31)12-17)11-8-25(21)35(24)27(36)33-15-18-7-9-32-26(30)13-18/h1-7,9,12-14H,8,10-11,15-16H2,(H,33,36). The number of rotatable bonds is 5. The van der Waals surface area contributed by atoms with Gasteiger partial charge in [0.05, 0.1) is 10.5 Å². The Balaban J connectivity index is 1.36. The first kappa shape index (κ1) is 24.8. The lowest BCUT2D eigenvalue weighted by Crippen LogP contribution is -2.34. The molecule has 1 N–H and O–H groups in total. The number of carbonyl (C=O) groups excluding carboxylic acids is 1. The maximum Gasteiger partial charge on any atom is 0.326 e. The zero-order valence-electron chi connectivity index (χ0n) is 19.1. The van der Waals surface area contributed by atoms with Crippen molar-refractivity contribution in [2.45, 2.75) is 19.5 Å². The molecule has 3 heterocycles. The molecule has 0 saturated carbocycles. The largest absolute Gasteiger partial charge is 0.333 e. The summed E-state index contributed by atoms with van der Waals surface area (Å²) in [5.41, 5.74) is 4.52. The summed E-state index contributed by atoms with van der Waals surface area (Å²) < 4.78 is 15.5. The maximum absolute atomic E-state index is 13.7. The lowest BCUT2D eigenvalue weighted by Gasteiger charge is -2.27. The molecule has 0 atom stereocenters. The van der Waals surface area contributed by atoms with Gasteiger partial charge in [0.1, 0.15) is 11.0 Å². The monoisotopic (exact) mass is 542 g/mol. The molecule has 0 aliphatic carbocycles. The Hall–Kier alpha value is -2.90. The van der Waals surface area contributed by atoms with Crippen molar-refractivity contribution in [3.63, 3.8) is 0 Å². The molecule has 0 saturated heterocycles. The van der Waals surface area contributed by atoms with Gasteiger partial charge in [-0.1, -0.05) is 53.0 Å². The Bertz CT molecular complexity index is 1480. The van der Waals surface area contributed by atoms with Crippen LogP contribution < -0.4 is 5.32 Å². The number of pyridine rings is 1. The molecule has 184 valence electrons. The molecule has 36 heavy (non-hydrogen) atoms. The highest BCUT2D eigenvalue weighted by Gasteiger charge is 2.26. The van der Waals surface area contributed by atoms with Crippen molar-refractivity contribution >= 4 is 57.8 Å². The van der Waals surface area contributed by atoms with E-state index in [1.807, 2.05) is 30.4 Å². The Morgan fingerprint density at radius 2 is 1.97 bits per heavy atom. The quantitative estimate of drug-likeness (QED) is 0.277. The predicted octanol–water partition coefficient (Wildman–Crippen LogP) is 6.97. The van der Waals surface area contributed by atoms with E-state index in [-0.39, 0.29) is 11.1 Å². The van der Waals surface area contributed by atoms with Crippen LogP contribution in [0.2, 0.25) is 15.2 Å². The molecule has 1 amide bonds. The third-order valence-corrected chi connectivity index (χ3v) is 6.99. The van der Waals surface area contributed by atoms with Crippen LogP contribution in [0.15, 0.2) is 60.8 Å². The Morgan fingerprint density at radius 3 is 2.78 bits per heavy atom. The van der Waals surface area contributed by atoms with Crippen LogP contribution in [0.4, 0.5) is 9.18 Å². The molecule has 2 aromatic heterocycles. The molecule has 0 bridgehead atoms. The minimum atomic E-state index is -0.434. The molecule has 2 aromatic carbocycles. The lowest BCUT2D eigenvalue weighted by atomic mass is 10.0. The smallest absolute Gasteiger partial charge is 0.326 e. The van der Waals surface area contributed by atoms with Gasteiger partial charge >= 0.3 is 6.03 Å². The first-order valence-corrected chi connectivity index (χ1v) is 12.6. The van der Waals surface area contributed by atoms with Crippen molar-refractivity contribution in [1.29, 1.82) is 0 Å². The van der Waals surface area contributed by atoms with Crippen molar-refractivity contribution in [3.05, 3.63) is 104 Å². The van der Waals surface area contributed by atoms with Crippen LogP contribution >= 0.6 is 34.8 Å². The number of nitrogens with zero attached hydrogens (tertiary/aromatic N) is 3. The molecule has 5 rings (SSSR count). The predicted molar refractivity (Wildman–Crippen MR) is 143 cm³/mol. The maximum atomic E-state index is 13.7. The van der Waals surface area contributed by atoms with E-state index < -0.39 is 5.82 Å². The van der Waals surface area contributed by atoms with E-state index in [1.165, 1.54) is 6.07 Å². The van der Waals surface area contributed by atoms with Gasteiger partial charge in [-0.2, -0.15) is 0 Å². The third kappa shape index (κ3) is 5.27. The molecular formula is C27H22Cl3FN4O. The average molecular weight is 544 g/mol. The van der Waals surface area contributed by atoms with E-state index in [9.17, 15) is 9.18 Å². The van der Waals surface area contributed by atoms with Gasteiger partial charge in [-0.15, -0.1) is 0 Å². The van der Waals surface area contributed by atoms with Crippen molar-refractivity contribution in [1.82, 2.24) is 19.8 Å². The molecule has 0 radical (unpaired) electrons. The number of hydrogen-bond acceptors (Lipinski definition) is 3. The first-order chi connectivity index (χ1) is 17.4. The fourth-order valence-corrected chi connectivity index (χ4v) is 5.02. The van der Waals surface area contributed by atoms with Crippen LogP contribution in [0.3, 0.4) is 0 Å². The topological polar surface area (TPSA) is 50.2 Å². The SMILES string of the molecule is O=C(NCc1ccnc(Cl)c1)n1c2c(c3cc(Cl)ccc31)CN(CC=Cc1ccc(Cl)c(F)c1)CC2. The van der Waals surface area contributed by atoms with Crippen molar-refractivity contribution in [2.75, 3.05) is 13.1 Å². The summed E-state index contributed by atoms with van der Waals surface area (Å²) in [7, 11) is 0.